The van der Waals surface area contributed by atoms with Gasteiger partial charge in [0.25, 0.3) is 0 Å². The SMILES string of the molecule is C=Cc1ccc(OC(=O)c2ccc(O)c(N=O)c2)cc1.C=Cc1ccc(OC(=O)c2ccc(O)c(N=O)c2)cc1.C=Cc1ccc(OC(=O)c2ccc(O)c(N=O)c2)cc1.[Fe+2]. The van der Waals surface area contributed by atoms with E-state index in [0.717, 1.165) is 16.7 Å². The van der Waals surface area contributed by atoms with Gasteiger partial charge in [-0.1, -0.05) is 74.4 Å². The number of rotatable bonds is 12. The van der Waals surface area contributed by atoms with E-state index in [0.29, 0.717) is 17.2 Å². The number of hydrogen-bond donors (Lipinski definition) is 3. The van der Waals surface area contributed by atoms with E-state index in [-0.39, 0.29) is 68.1 Å². The number of benzene rings is 6. The molecule has 0 radical (unpaired) electrons. The fourth-order valence-corrected chi connectivity index (χ4v) is 4.68. The van der Waals surface area contributed by atoms with Gasteiger partial charge in [0.15, 0.2) is 0 Å². The van der Waals surface area contributed by atoms with Crippen LogP contribution in [0.1, 0.15) is 47.8 Å². The summed E-state index contributed by atoms with van der Waals surface area (Å²) in [7, 11) is 0. The number of esters is 3. The van der Waals surface area contributed by atoms with E-state index in [2.05, 4.69) is 35.3 Å². The monoisotopic (exact) mass is 863 g/mol. The topological polar surface area (TPSA) is 228 Å². The second-order valence-electron chi connectivity index (χ2n) is 11.9. The zero-order chi connectivity index (χ0) is 43.6. The molecule has 6 aromatic carbocycles. The Labute approximate surface area is 358 Å². The molecule has 0 heterocycles. The molecule has 61 heavy (non-hydrogen) atoms. The van der Waals surface area contributed by atoms with E-state index in [4.69, 9.17) is 14.2 Å². The number of nitroso groups, excluding NO2 is 3. The summed E-state index contributed by atoms with van der Waals surface area (Å²) in [6.07, 6.45) is 5.02. The second kappa shape index (κ2) is 23.2. The molecule has 0 unspecified atom stereocenters. The van der Waals surface area contributed by atoms with Crippen LogP contribution in [0, 0.1) is 14.7 Å². The zero-order valence-electron chi connectivity index (χ0n) is 31.7. The van der Waals surface area contributed by atoms with Gasteiger partial charge in [0.2, 0.25) is 0 Å². The van der Waals surface area contributed by atoms with Crippen LogP contribution in [-0.4, -0.2) is 33.2 Å². The molecule has 0 saturated heterocycles. The first kappa shape index (κ1) is 47.0. The molecule has 16 heteroatoms. The molecule has 0 aliphatic heterocycles. The van der Waals surface area contributed by atoms with Crippen molar-refractivity contribution >= 4 is 53.2 Å². The van der Waals surface area contributed by atoms with Crippen molar-refractivity contribution in [2.45, 2.75) is 0 Å². The first-order valence-corrected chi connectivity index (χ1v) is 17.2. The zero-order valence-corrected chi connectivity index (χ0v) is 32.8. The predicted octanol–water partition coefficient (Wildman–Crippen LogP) is 11.0. The summed E-state index contributed by atoms with van der Waals surface area (Å²) in [5.41, 5.74) is 2.48. The van der Waals surface area contributed by atoms with Gasteiger partial charge in [-0.3, -0.25) is 0 Å². The van der Waals surface area contributed by atoms with Gasteiger partial charge in [0, 0.05) is 0 Å². The van der Waals surface area contributed by atoms with Crippen LogP contribution in [0.25, 0.3) is 18.2 Å². The Morgan fingerprint density at radius 2 is 0.639 bits per heavy atom. The third-order valence-electron chi connectivity index (χ3n) is 7.91. The van der Waals surface area contributed by atoms with Gasteiger partial charge in [-0.15, -0.1) is 14.7 Å². The Morgan fingerprint density at radius 1 is 0.410 bits per heavy atom. The molecule has 0 aliphatic carbocycles. The van der Waals surface area contributed by atoms with Crippen LogP contribution in [0.4, 0.5) is 17.1 Å². The molecule has 0 saturated carbocycles. The van der Waals surface area contributed by atoms with Crippen LogP contribution in [0.2, 0.25) is 0 Å². The summed E-state index contributed by atoms with van der Waals surface area (Å²) in [6, 6.07) is 31.5. The average Bonchev–Trinajstić information content (AvgIpc) is 3.28. The third kappa shape index (κ3) is 13.6. The Kier molecular flexibility index (Phi) is 17.9. The quantitative estimate of drug-likeness (QED) is 0.0452. The van der Waals surface area contributed by atoms with E-state index in [1.165, 1.54) is 54.6 Å². The summed E-state index contributed by atoms with van der Waals surface area (Å²) >= 11 is 0. The van der Waals surface area contributed by atoms with Gasteiger partial charge < -0.3 is 29.5 Å². The van der Waals surface area contributed by atoms with Crippen molar-refractivity contribution in [1.29, 1.82) is 0 Å². The average molecular weight is 864 g/mol. The molecule has 0 amide bonds. The van der Waals surface area contributed by atoms with Crippen LogP contribution < -0.4 is 14.2 Å². The largest absolute Gasteiger partial charge is 2.00 e. The third-order valence-corrected chi connectivity index (χ3v) is 7.91. The Morgan fingerprint density at radius 3 is 0.836 bits per heavy atom. The van der Waals surface area contributed by atoms with Crippen molar-refractivity contribution in [2.75, 3.05) is 0 Å². The maximum absolute atomic E-state index is 11.9. The number of ether oxygens (including phenoxy) is 3. The van der Waals surface area contributed by atoms with E-state index < -0.39 is 17.9 Å². The van der Waals surface area contributed by atoms with Gasteiger partial charge in [0.1, 0.15) is 51.6 Å². The number of carbonyl (C=O) groups is 3. The van der Waals surface area contributed by atoms with Crippen molar-refractivity contribution in [3.63, 3.8) is 0 Å². The minimum absolute atomic E-state index is 0. The van der Waals surface area contributed by atoms with Gasteiger partial charge >= 0.3 is 35.0 Å². The number of phenolic OH excluding ortho intramolecular Hbond substituents is 3. The van der Waals surface area contributed by atoms with Gasteiger partial charge in [0.05, 0.1) is 16.7 Å². The molecule has 6 rings (SSSR count). The summed E-state index contributed by atoms with van der Waals surface area (Å²) in [5, 5.41) is 35.8. The van der Waals surface area contributed by atoms with Crippen molar-refractivity contribution in [2.24, 2.45) is 15.5 Å². The van der Waals surface area contributed by atoms with E-state index >= 15 is 0 Å². The van der Waals surface area contributed by atoms with Crippen LogP contribution in [0.3, 0.4) is 0 Å². The van der Waals surface area contributed by atoms with E-state index in [1.807, 2.05) is 0 Å². The van der Waals surface area contributed by atoms with Crippen LogP contribution in [0.5, 0.6) is 34.5 Å². The molecular formula is C45H33FeN3O12+2. The van der Waals surface area contributed by atoms with E-state index in [1.54, 1.807) is 91.0 Å². The molecule has 0 aliphatic rings. The standard InChI is InChI=1S/3C15H11NO4.Fe/c3*1-2-10-3-6-12(7-4-10)20-15(18)11-5-8-14(17)13(9-11)16-19;/h3*2-9,17H,1H2;/q;;;+2. The smallest absolute Gasteiger partial charge is 0.506 e. The van der Waals surface area contributed by atoms with Crippen LogP contribution >= 0.6 is 0 Å². The minimum Gasteiger partial charge on any atom is -0.506 e. The Hall–Kier alpha value is -8.33. The number of nitrogens with zero attached hydrogens (tertiary/aromatic N) is 3. The van der Waals surface area contributed by atoms with Gasteiger partial charge in [-0.05, 0) is 123 Å². The van der Waals surface area contributed by atoms with Gasteiger partial charge in [-0.2, -0.15) is 0 Å². The molecule has 3 N–H and O–H groups in total. The van der Waals surface area contributed by atoms with Crippen molar-refractivity contribution in [1.82, 2.24) is 0 Å². The summed E-state index contributed by atoms with van der Waals surface area (Å²) < 4.78 is 15.4. The van der Waals surface area contributed by atoms with Crippen molar-refractivity contribution in [3.8, 4) is 34.5 Å². The number of hydrogen-bond acceptors (Lipinski definition) is 15. The van der Waals surface area contributed by atoms with Gasteiger partial charge in [-0.25, -0.2) is 14.4 Å². The normalized spacial score (nSPS) is 9.64. The molecule has 0 bridgehead atoms. The summed E-state index contributed by atoms with van der Waals surface area (Å²) in [4.78, 5) is 67.0. The second-order valence-corrected chi connectivity index (χ2v) is 11.9. The molecule has 306 valence electrons. The van der Waals surface area contributed by atoms with Crippen molar-refractivity contribution < 1.29 is 61.0 Å². The van der Waals surface area contributed by atoms with Crippen LogP contribution in [-0.2, 0) is 17.1 Å². The first-order chi connectivity index (χ1) is 28.9. The summed E-state index contributed by atoms with van der Waals surface area (Å²) in [5.74, 6) is -1.66. The summed E-state index contributed by atoms with van der Waals surface area (Å²) in [6.45, 7) is 10.9. The number of aromatic hydroxyl groups is 3. The molecular weight excluding hydrogens is 830 g/mol. The molecule has 0 spiro atoms. The fraction of sp³-hybridized carbons (Fsp3) is 0. The van der Waals surface area contributed by atoms with Crippen LogP contribution in [0.15, 0.2) is 163 Å². The maximum Gasteiger partial charge on any atom is 2.00 e. The molecule has 0 fully saturated rings. The molecule has 0 atom stereocenters. The van der Waals surface area contributed by atoms with Crippen molar-refractivity contribution in [3.05, 3.63) is 195 Å². The Balaban J connectivity index is 0.000000242. The Bertz CT molecular complexity index is 2280. The minimum atomic E-state index is -0.638. The first-order valence-electron chi connectivity index (χ1n) is 17.2. The maximum atomic E-state index is 11.9. The predicted molar refractivity (Wildman–Crippen MR) is 225 cm³/mol. The number of phenols is 3. The van der Waals surface area contributed by atoms with E-state index in [9.17, 15) is 44.4 Å². The number of carbonyl (C=O) groups excluding carboxylic acids is 3. The molecule has 15 nitrogen and oxygen atoms in total. The fourth-order valence-electron chi connectivity index (χ4n) is 4.68. The molecule has 0 aromatic heterocycles. The molecule has 6 aromatic rings.